The van der Waals surface area contributed by atoms with Crippen LogP contribution in [0, 0.1) is 6.92 Å². The van der Waals surface area contributed by atoms with Gasteiger partial charge in [-0.25, -0.2) is 0 Å². The summed E-state index contributed by atoms with van der Waals surface area (Å²) in [7, 11) is 0. The smallest absolute Gasteiger partial charge is 0.237 e. The van der Waals surface area contributed by atoms with Crippen LogP contribution in [0.3, 0.4) is 0 Å². The molecule has 0 bridgehead atoms. The largest absolute Gasteiger partial charge is 0.325 e. The Kier molecular flexibility index (Phi) is 7.40. The lowest BCUT2D eigenvalue weighted by Crippen LogP contribution is -2.25. The van der Waals surface area contributed by atoms with Crippen molar-refractivity contribution in [2.45, 2.75) is 24.0 Å². The van der Waals surface area contributed by atoms with E-state index in [4.69, 9.17) is 0 Å². The molecule has 0 fully saturated rings. The van der Waals surface area contributed by atoms with Gasteiger partial charge in [-0.3, -0.25) is 9.59 Å². The van der Waals surface area contributed by atoms with Crippen molar-refractivity contribution >= 4 is 46.7 Å². The monoisotopic (exact) mass is 374 g/mol. The maximum Gasteiger partial charge on any atom is 0.237 e. The van der Waals surface area contributed by atoms with Crippen LogP contribution in [0.4, 0.5) is 11.4 Å². The van der Waals surface area contributed by atoms with Crippen LogP contribution in [-0.4, -0.2) is 29.1 Å². The zero-order chi connectivity index (χ0) is 18.2. The first-order valence-corrected chi connectivity index (χ1v) is 10.2. The third-order valence-corrected chi connectivity index (χ3v) is 5.37. The van der Waals surface area contributed by atoms with E-state index in [1.165, 1.54) is 11.8 Å². The van der Waals surface area contributed by atoms with E-state index in [9.17, 15) is 9.59 Å². The fourth-order valence-electron chi connectivity index (χ4n) is 2.06. The molecule has 1 unspecified atom stereocenters. The summed E-state index contributed by atoms with van der Waals surface area (Å²) in [5.41, 5.74) is 2.68. The molecular formula is C19H22N2O2S2. The van der Waals surface area contributed by atoms with Crippen molar-refractivity contribution in [2.75, 3.05) is 22.6 Å². The highest BCUT2D eigenvalue weighted by atomic mass is 32.2. The van der Waals surface area contributed by atoms with Crippen molar-refractivity contribution in [3.63, 3.8) is 0 Å². The fourth-order valence-corrected chi connectivity index (χ4v) is 3.20. The number of hydrogen-bond donors (Lipinski definition) is 2. The zero-order valence-corrected chi connectivity index (χ0v) is 16.2. The highest BCUT2D eigenvalue weighted by Crippen LogP contribution is 2.20. The van der Waals surface area contributed by atoms with Crippen molar-refractivity contribution in [1.29, 1.82) is 0 Å². The number of thioether (sulfide) groups is 2. The second-order valence-corrected chi connectivity index (χ2v) is 7.80. The molecule has 2 amide bonds. The summed E-state index contributed by atoms with van der Waals surface area (Å²) in [5.74, 6) is 0.0112. The molecule has 0 aromatic heterocycles. The van der Waals surface area contributed by atoms with E-state index in [2.05, 4.69) is 10.6 Å². The Bertz CT molecular complexity index is 732. The predicted octanol–water partition coefficient (Wildman–Crippen LogP) is 4.42. The molecule has 2 rings (SSSR count). The van der Waals surface area contributed by atoms with Gasteiger partial charge in [0.2, 0.25) is 11.8 Å². The number of hydrogen-bond acceptors (Lipinski definition) is 4. The number of aryl methyl sites for hydroxylation is 1. The molecule has 0 saturated heterocycles. The van der Waals surface area contributed by atoms with E-state index in [-0.39, 0.29) is 22.8 Å². The zero-order valence-electron chi connectivity index (χ0n) is 14.5. The first kappa shape index (κ1) is 19.4. The first-order valence-electron chi connectivity index (χ1n) is 7.91. The SMILES string of the molecule is CSc1cccc(NC(=O)C(C)SCC(=O)Nc2ccc(C)cc2)c1. The van der Waals surface area contributed by atoms with E-state index < -0.39 is 0 Å². The third-order valence-electron chi connectivity index (χ3n) is 3.51. The highest BCUT2D eigenvalue weighted by Gasteiger charge is 2.15. The summed E-state index contributed by atoms with van der Waals surface area (Å²) in [4.78, 5) is 25.3. The Morgan fingerprint density at radius 1 is 1.04 bits per heavy atom. The summed E-state index contributed by atoms with van der Waals surface area (Å²) < 4.78 is 0. The van der Waals surface area contributed by atoms with E-state index in [0.29, 0.717) is 0 Å². The molecule has 6 heteroatoms. The van der Waals surface area contributed by atoms with Gasteiger partial charge in [0.1, 0.15) is 0 Å². The molecule has 0 aliphatic heterocycles. The summed E-state index contributed by atoms with van der Waals surface area (Å²) in [6, 6.07) is 15.3. The van der Waals surface area contributed by atoms with E-state index in [1.54, 1.807) is 18.7 Å². The van der Waals surface area contributed by atoms with E-state index in [0.717, 1.165) is 21.8 Å². The molecule has 25 heavy (non-hydrogen) atoms. The average Bonchev–Trinajstić information content (AvgIpc) is 2.61. The molecule has 0 spiro atoms. The number of carbonyl (C=O) groups excluding carboxylic acids is 2. The Morgan fingerprint density at radius 3 is 2.44 bits per heavy atom. The van der Waals surface area contributed by atoms with Gasteiger partial charge in [-0.1, -0.05) is 23.8 Å². The van der Waals surface area contributed by atoms with Gasteiger partial charge in [0.25, 0.3) is 0 Å². The van der Waals surface area contributed by atoms with Crippen LogP contribution in [0.1, 0.15) is 12.5 Å². The van der Waals surface area contributed by atoms with Crippen LogP contribution >= 0.6 is 23.5 Å². The number of nitrogens with one attached hydrogen (secondary N) is 2. The van der Waals surface area contributed by atoms with Crippen molar-refractivity contribution < 1.29 is 9.59 Å². The van der Waals surface area contributed by atoms with Crippen LogP contribution in [0.2, 0.25) is 0 Å². The fraction of sp³-hybridized carbons (Fsp3) is 0.263. The summed E-state index contributed by atoms with van der Waals surface area (Å²) in [6.45, 7) is 3.80. The van der Waals surface area contributed by atoms with E-state index in [1.807, 2.05) is 61.7 Å². The van der Waals surface area contributed by atoms with Crippen LogP contribution in [-0.2, 0) is 9.59 Å². The molecule has 2 N–H and O–H groups in total. The molecule has 4 nitrogen and oxygen atoms in total. The summed E-state index contributed by atoms with van der Waals surface area (Å²) in [5, 5.41) is 5.41. The van der Waals surface area contributed by atoms with Gasteiger partial charge < -0.3 is 10.6 Å². The molecule has 0 saturated carbocycles. The number of amides is 2. The first-order chi connectivity index (χ1) is 12.0. The molecule has 2 aromatic rings. The molecule has 0 aliphatic carbocycles. The maximum atomic E-state index is 12.2. The summed E-state index contributed by atoms with van der Waals surface area (Å²) in [6.07, 6.45) is 1.99. The van der Waals surface area contributed by atoms with Crippen molar-refractivity contribution in [1.82, 2.24) is 0 Å². The molecule has 132 valence electrons. The minimum Gasteiger partial charge on any atom is -0.325 e. The van der Waals surface area contributed by atoms with Gasteiger partial charge >= 0.3 is 0 Å². The normalized spacial score (nSPS) is 11.6. The minimum absolute atomic E-state index is 0.105. The second kappa shape index (κ2) is 9.53. The molecule has 0 heterocycles. The number of rotatable bonds is 7. The molecule has 0 aliphatic rings. The van der Waals surface area contributed by atoms with Crippen LogP contribution in [0.5, 0.6) is 0 Å². The maximum absolute atomic E-state index is 12.2. The van der Waals surface area contributed by atoms with Gasteiger partial charge in [-0.15, -0.1) is 23.5 Å². The van der Waals surface area contributed by atoms with Crippen LogP contribution < -0.4 is 10.6 Å². The van der Waals surface area contributed by atoms with Crippen LogP contribution in [0.25, 0.3) is 0 Å². The Hall–Kier alpha value is -1.92. The predicted molar refractivity (Wildman–Crippen MR) is 109 cm³/mol. The molecule has 0 radical (unpaired) electrons. The Morgan fingerprint density at radius 2 is 1.76 bits per heavy atom. The quantitative estimate of drug-likeness (QED) is 0.705. The third kappa shape index (κ3) is 6.48. The molecule has 2 aromatic carbocycles. The van der Waals surface area contributed by atoms with Crippen molar-refractivity contribution in [3.05, 3.63) is 54.1 Å². The lowest BCUT2D eigenvalue weighted by Gasteiger charge is -2.12. The molecule has 1 atom stereocenters. The highest BCUT2D eigenvalue weighted by molar-refractivity contribution is 8.01. The van der Waals surface area contributed by atoms with Crippen molar-refractivity contribution in [3.8, 4) is 0 Å². The Labute approximate surface area is 157 Å². The van der Waals surface area contributed by atoms with Gasteiger partial charge in [0, 0.05) is 16.3 Å². The second-order valence-electron chi connectivity index (χ2n) is 5.59. The number of anilines is 2. The number of benzene rings is 2. The lowest BCUT2D eigenvalue weighted by atomic mass is 10.2. The molecular weight excluding hydrogens is 352 g/mol. The summed E-state index contributed by atoms with van der Waals surface area (Å²) >= 11 is 2.94. The minimum atomic E-state index is -0.318. The van der Waals surface area contributed by atoms with Gasteiger partial charge in [-0.2, -0.15) is 0 Å². The van der Waals surface area contributed by atoms with E-state index >= 15 is 0 Å². The van der Waals surface area contributed by atoms with Gasteiger partial charge in [0.05, 0.1) is 11.0 Å². The average molecular weight is 375 g/mol. The topological polar surface area (TPSA) is 58.2 Å². The van der Waals surface area contributed by atoms with Gasteiger partial charge in [0.15, 0.2) is 0 Å². The Balaban J connectivity index is 1.80. The number of carbonyl (C=O) groups is 2. The lowest BCUT2D eigenvalue weighted by molar-refractivity contribution is -0.115. The van der Waals surface area contributed by atoms with Crippen LogP contribution in [0.15, 0.2) is 53.4 Å². The standard InChI is InChI=1S/C19H22N2O2S2/c1-13-7-9-15(10-8-13)20-18(22)12-25-14(2)19(23)21-16-5-4-6-17(11-16)24-3/h4-11,14H,12H2,1-3H3,(H,20,22)(H,21,23). The van der Waals surface area contributed by atoms with Gasteiger partial charge in [-0.05, 0) is 50.4 Å². The van der Waals surface area contributed by atoms with Crippen molar-refractivity contribution in [2.24, 2.45) is 0 Å².